The molecule has 0 radical (unpaired) electrons. The number of anilines is 1. The van der Waals surface area contributed by atoms with E-state index in [-0.39, 0.29) is 11.8 Å². The van der Waals surface area contributed by atoms with Crippen LogP contribution in [-0.4, -0.2) is 41.0 Å². The lowest BCUT2D eigenvalue weighted by Gasteiger charge is -2.22. The molecule has 4 heterocycles. The number of carbonyl (C=O) groups excluding carboxylic acids is 1. The van der Waals surface area contributed by atoms with Crippen LogP contribution in [0.1, 0.15) is 34.1 Å². The quantitative estimate of drug-likeness (QED) is 0.605. The minimum atomic E-state index is -0.0117. The second kappa shape index (κ2) is 5.94. The molecule has 2 aliphatic rings. The number of aromatic nitrogens is 3. The van der Waals surface area contributed by atoms with Crippen molar-refractivity contribution >= 4 is 22.8 Å². The minimum absolute atomic E-state index is 0.0117. The summed E-state index contributed by atoms with van der Waals surface area (Å²) in [4.78, 5) is 27.8. The monoisotopic (exact) mass is 359 g/mol. The van der Waals surface area contributed by atoms with Gasteiger partial charge in [-0.1, -0.05) is 24.3 Å². The molecule has 27 heavy (non-hydrogen) atoms. The molecule has 0 saturated carbocycles. The van der Waals surface area contributed by atoms with Gasteiger partial charge < -0.3 is 15.2 Å². The van der Waals surface area contributed by atoms with Gasteiger partial charge in [0.05, 0.1) is 16.8 Å². The molecule has 6 nitrogen and oxygen atoms in total. The van der Waals surface area contributed by atoms with Gasteiger partial charge in [0, 0.05) is 43.0 Å². The number of likely N-dealkylation sites (N-methyl/N-ethyl adjacent to an activating group) is 1. The normalized spacial score (nSPS) is 20.0. The Bertz CT molecular complexity index is 1100. The first-order valence-corrected chi connectivity index (χ1v) is 9.27. The van der Waals surface area contributed by atoms with Crippen molar-refractivity contribution in [2.24, 2.45) is 0 Å². The lowest BCUT2D eigenvalue weighted by molar-refractivity contribution is 0.0940. The van der Waals surface area contributed by atoms with Crippen LogP contribution in [-0.2, 0) is 0 Å². The predicted molar refractivity (Wildman–Crippen MR) is 106 cm³/mol. The van der Waals surface area contributed by atoms with Crippen molar-refractivity contribution in [1.29, 1.82) is 0 Å². The summed E-state index contributed by atoms with van der Waals surface area (Å²) in [7, 11) is 2.04. The Kier molecular flexibility index (Phi) is 3.53. The Hall–Kier alpha value is -3.15. The van der Waals surface area contributed by atoms with Crippen LogP contribution in [0.15, 0.2) is 36.4 Å². The first-order valence-electron chi connectivity index (χ1n) is 9.27. The molecule has 1 aromatic carbocycles. The number of benzene rings is 1. The number of fused-ring (bicyclic) bond motifs is 3. The van der Waals surface area contributed by atoms with Crippen molar-refractivity contribution in [3.8, 4) is 11.3 Å². The van der Waals surface area contributed by atoms with E-state index in [0.717, 1.165) is 58.0 Å². The number of amides is 1. The summed E-state index contributed by atoms with van der Waals surface area (Å²) in [5, 5.41) is 3.01. The number of nitrogens with one attached hydrogen (secondary N) is 2. The molecule has 1 atom stereocenters. The average Bonchev–Trinajstić information content (AvgIpc) is 3.11. The molecular formula is C21H21N5O. The maximum Gasteiger partial charge on any atom is 0.253 e. The first-order chi connectivity index (χ1) is 13.1. The van der Waals surface area contributed by atoms with E-state index >= 15 is 0 Å². The van der Waals surface area contributed by atoms with Crippen molar-refractivity contribution in [2.75, 3.05) is 25.0 Å². The molecule has 0 fully saturated rings. The summed E-state index contributed by atoms with van der Waals surface area (Å²) in [6, 6.07) is 7.97. The number of nitrogens with zero attached hydrogens (tertiary/aromatic N) is 3. The fourth-order valence-corrected chi connectivity index (χ4v) is 4.05. The van der Waals surface area contributed by atoms with Gasteiger partial charge in [-0.05, 0) is 25.5 Å². The molecular weight excluding hydrogens is 338 g/mol. The third-order valence-electron chi connectivity index (χ3n) is 5.47. The highest BCUT2D eigenvalue weighted by Crippen LogP contribution is 2.34. The van der Waals surface area contributed by atoms with E-state index in [4.69, 9.17) is 9.97 Å². The van der Waals surface area contributed by atoms with Crippen molar-refractivity contribution in [2.45, 2.75) is 19.3 Å². The molecule has 2 N–H and O–H groups in total. The molecule has 3 aromatic rings. The summed E-state index contributed by atoms with van der Waals surface area (Å²) >= 11 is 0. The molecule has 1 amide bonds. The zero-order valence-corrected chi connectivity index (χ0v) is 15.4. The Balaban J connectivity index is 1.81. The van der Waals surface area contributed by atoms with Crippen LogP contribution in [0.5, 0.6) is 0 Å². The highest BCUT2D eigenvalue weighted by atomic mass is 16.1. The number of aromatic amines is 1. The van der Waals surface area contributed by atoms with Crippen molar-refractivity contribution in [3.05, 3.63) is 53.4 Å². The van der Waals surface area contributed by atoms with Gasteiger partial charge in [0.2, 0.25) is 0 Å². The van der Waals surface area contributed by atoms with Crippen molar-refractivity contribution < 1.29 is 4.79 Å². The Morgan fingerprint density at radius 1 is 1.19 bits per heavy atom. The maximum absolute atomic E-state index is 12.4. The Labute approximate surface area is 157 Å². The first kappa shape index (κ1) is 16.1. The third kappa shape index (κ3) is 2.51. The smallest absolute Gasteiger partial charge is 0.253 e. The molecule has 2 aromatic heterocycles. The molecule has 2 aliphatic heterocycles. The summed E-state index contributed by atoms with van der Waals surface area (Å²) in [5.74, 6) is 1.12. The number of hydrogen-bond acceptors (Lipinski definition) is 4. The number of carbonyl (C=O) groups is 1. The lowest BCUT2D eigenvalue weighted by atomic mass is 9.94. The van der Waals surface area contributed by atoms with Gasteiger partial charge in [0.25, 0.3) is 5.91 Å². The van der Waals surface area contributed by atoms with E-state index in [9.17, 15) is 4.79 Å². The molecule has 4 bridgehead atoms. The number of para-hydroxylation sites is 1. The predicted octanol–water partition coefficient (Wildman–Crippen LogP) is 3.16. The Morgan fingerprint density at radius 3 is 2.96 bits per heavy atom. The molecule has 5 rings (SSSR count). The number of allylic oxidation sites excluding steroid dienone is 1. The summed E-state index contributed by atoms with van der Waals surface area (Å²) < 4.78 is 0. The lowest BCUT2D eigenvalue weighted by Crippen LogP contribution is -2.34. The molecule has 0 saturated heterocycles. The third-order valence-corrected chi connectivity index (χ3v) is 5.47. The molecule has 0 spiro atoms. The minimum Gasteiger partial charge on any atom is -0.357 e. The van der Waals surface area contributed by atoms with Crippen molar-refractivity contribution in [3.63, 3.8) is 0 Å². The summed E-state index contributed by atoms with van der Waals surface area (Å²) in [6.07, 6.45) is 5.23. The van der Waals surface area contributed by atoms with Gasteiger partial charge in [0.1, 0.15) is 5.52 Å². The molecule has 0 unspecified atom stereocenters. The standard InChI is InChI=1S/C21H21N5O/c1-12-20-25-19-14(7-5-8-16(19)23-12)17-10-15-18(24-17)13(11-22-21(15)27)6-3-4-9-26(20)2/h3-5,7-8,10,13,24H,6,9,11H2,1-2H3,(H,22,27)/b4-3+/t13-/m0/s1. The second-order valence-electron chi connectivity index (χ2n) is 7.31. The highest BCUT2D eigenvalue weighted by Gasteiger charge is 2.28. The maximum atomic E-state index is 12.4. The van der Waals surface area contributed by atoms with E-state index in [1.165, 1.54) is 0 Å². The van der Waals surface area contributed by atoms with Crippen LogP contribution in [0.4, 0.5) is 5.82 Å². The molecule has 0 aliphatic carbocycles. The van der Waals surface area contributed by atoms with Crippen LogP contribution in [0, 0.1) is 6.92 Å². The fourth-order valence-electron chi connectivity index (χ4n) is 4.05. The number of aryl methyl sites for hydroxylation is 1. The number of rotatable bonds is 0. The van der Waals surface area contributed by atoms with Crippen LogP contribution >= 0.6 is 0 Å². The van der Waals surface area contributed by atoms with Crippen LogP contribution in [0.3, 0.4) is 0 Å². The molecule has 6 heteroatoms. The average molecular weight is 359 g/mol. The van der Waals surface area contributed by atoms with Gasteiger partial charge >= 0.3 is 0 Å². The summed E-state index contributed by atoms with van der Waals surface area (Å²) in [5.41, 5.74) is 6.27. The zero-order valence-electron chi connectivity index (χ0n) is 15.4. The van der Waals surface area contributed by atoms with Crippen LogP contribution in [0.25, 0.3) is 22.3 Å². The van der Waals surface area contributed by atoms with Gasteiger partial charge in [-0.25, -0.2) is 9.97 Å². The van der Waals surface area contributed by atoms with Gasteiger partial charge in [-0.2, -0.15) is 0 Å². The zero-order chi connectivity index (χ0) is 18.5. The van der Waals surface area contributed by atoms with Gasteiger partial charge in [-0.15, -0.1) is 0 Å². The number of hydrogen-bond donors (Lipinski definition) is 2. The summed E-state index contributed by atoms with van der Waals surface area (Å²) in [6.45, 7) is 3.42. The SMILES string of the molecule is Cc1nc2cccc3c2nc1N(C)C/C=C/C[C@H]1CNC(=O)c2cc-3[nH]c21. The fraction of sp³-hybridized carbons (Fsp3) is 0.286. The van der Waals surface area contributed by atoms with E-state index in [2.05, 4.69) is 27.4 Å². The van der Waals surface area contributed by atoms with E-state index in [1.54, 1.807) is 0 Å². The Morgan fingerprint density at radius 2 is 2.07 bits per heavy atom. The highest BCUT2D eigenvalue weighted by molar-refractivity contribution is 6.00. The van der Waals surface area contributed by atoms with E-state index < -0.39 is 0 Å². The van der Waals surface area contributed by atoms with Gasteiger partial charge in [-0.3, -0.25) is 4.79 Å². The van der Waals surface area contributed by atoms with E-state index in [0.29, 0.717) is 6.54 Å². The largest absolute Gasteiger partial charge is 0.357 e. The van der Waals surface area contributed by atoms with Crippen molar-refractivity contribution in [1.82, 2.24) is 20.3 Å². The van der Waals surface area contributed by atoms with Crippen LogP contribution < -0.4 is 10.2 Å². The second-order valence-corrected chi connectivity index (χ2v) is 7.31. The van der Waals surface area contributed by atoms with Gasteiger partial charge in [0.15, 0.2) is 5.82 Å². The van der Waals surface area contributed by atoms with Crippen LogP contribution in [0.2, 0.25) is 0 Å². The van der Waals surface area contributed by atoms with E-state index in [1.807, 2.05) is 38.2 Å². The molecule has 136 valence electrons. The number of H-pyrrole nitrogens is 1. The topological polar surface area (TPSA) is 73.9 Å².